The van der Waals surface area contributed by atoms with Crippen molar-refractivity contribution in [1.82, 2.24) is 4.57 Å². The molecule has 11 heteroatoms. The predicted molar refractivity (Wildman–Crippen MR) is 178 cm³/mol. The predicted octanol–water partition coefficient (Wildman–Crippen LogP) is 7.24. The summed E-state index contributed by atoms with van der Waals surface area (Å²) in [7, 11) is 1.54. The van der Waals surface area contributed by atoms with E-state index in [9.17, 15) is 9.59 Å². The molecule has 7 nitrogen and oxygen atoms in total. The Morgan fingerprint density at radius 2 is 1.77 bits per heavy atom. The summed E-state index contributed by atoms with van der Waals surface area (Å²) in [6.07, 6.45) is 3.08. The Morgan fingerprint density at radius 3 is 2.45 bits per heavy atom. The largest absolute Gasteiger partial charge is 0.496 e. The van der Waals surface area contributed by atoms with E-state index in [2.05, 4.69) is 15.9 Å². The summed E-state index contributed by atoms with van der Waals surface area (Å²) in [6, 6.07) is 17.4. The number of aromatic nitrogens is 1. The lowest BCUT2D eigenvalue weighted by Crippen LogP contribution is -2.40. The van der Waals surface area contributed by atoms with Gasteiger partial charge in [0.15, 0.2) is 4.80 Å². The summed E-state index contributed by atoms with van der Waals surface area (Å²) < 4.78 is 19.9. The summed E-state index contributed by atoms with van der Waals surface area (Å²) >= 11 is 17.3. The average Bonchev–Trinajstić information content (AvgIpc) is 3.31. The highest BCUT2D eigenvalue weighted by Crippen LogP contribution is 2.38. The summed E-state index contributed by atoms with van der Waals surface area (Å²) in [6.45, 7) is 4.31. The zero-order valence-corrected chi connectivity index (χ0v) is 28.1. The third-order valence-electron chi connectivity index (χ3n) is 6.94. The lowest BCUT2D eigenvalue weighted by atomic mass is 9.93. The van der Waals surface area contributed by atoms with E-state index in [1.54, 1.807) is 31.2 Å². The van der Waals surface area contributed by atoms with Crippen LogP contribution in [-0.2, 0) is 16.1 Å². The standard InChI is InChI=1S/C33H29BrCl2N2O5S/c1-4-6-25-29(32(40)42-5-2)30(23-17-22(36)12-14-26(23)41-3)38-31(39)28(44-33(38)37-25)16-20-9-13-27(24(34)15-20)43-18-19-7-10-21(35)11-8-19/h7-17,30H,4-6,18H2,1-3H3/b28-16+/t30-/m1/s1. The molecular weight excluding hydrogens is 687 g/mol. The van der Waals surface area contributed by atoms with Gasteiger partial charge in [0.05, 0.1) is 34.0 Å². The number of allylic oxidation sites excluding steroid dienone is 1. The first-order valence-electron chi connectivity index (χ1n) is 14.0. The first kappa shape index (κ1) is 32.0. The molecule has 0 saturated heterocycles. The second kappa shape index (κ2) is 14.2. The van der Waals surface area contributed by atoms with Gasteiger partial charge in [-0.15, -0.1) is 0 Å². The van der Waals surface area contributed by atoms with Crippen LogP contribution in [0.2, 0.25) is 10.0 Å². The third-order valence-corrected chi connectivity index (χ3v) is 9.03. The summed E-state index contributed by atoms with van der Waals surface area (Å²) in [5.41, 5.74) is 2.94. The van der Waals surface area contributed by atoms with Gasteiger partial charge < -0.3 is 14.2 Å². The van der Waals surface area contributed by atoms with E-state index < -0.39 is 12.0 Å². The van der Waals surface area contributed by atoms with Crippen molar-refractivity contribution < 1.29 is 19.0 Å². The smallest absolute Gasteiger partial charge is 0.338 e. The normalized spacial score (nSPS) is 14.7. The van der Waals surface area contributed by atoms with Crippen molar-refractivity contribution >= 4 is 62.5 Å². The van der Waals surface area contributed by atoms with Crippen molar-refractivity contribution in [2.45, 2.75) is 39.3 Å². The van der Waals surface area contributed by atoms with Crippen LogP contribution in [0.1, 0.15) is 49.4 Å². The van der Waals surface area contributed by atoms with Gasteiger partial charge in [-0.25, -0.2) is 9.79 Å². The molecule has 1 aromatic heterocycles. The molecular formula is C33H29BrCl2N2O5S. The highest BCUT2D eigenvalue weighted by atomic mass is 79.9. The molecule has 1 atom stereocenters. The van der Waals surface area contributed by atoms with Gasteiger partial charge in [-0.1, -0.05) is 66.1 Å². The van der Waals surface area contributed by atoms with Crippen LogP contribution in [0.25, 0.3) is 6.08 Å². The Kier molecular flexibility index (Phi) is 10.3. The number of rotatable bonds is 10. The van der Waals surface area contributed by atoms with Crippen LogP contribution in [0.5, 0.6) is 11.5 Å². The number of carbonyl (C=O) groups excluding carboxylic acids is 1. The number of methoxy groups -OCH3 is 1. The van der Waals surface area contributed by atoms with E-state index in [-0.39, 0.29) is 12.2 Å². The van der Waals surface area contributed by atoms with E-state index in [1.165, 1.54) is 23.0 Å². The van der Waals surface area contributed by atoms with Gasteiger partial charge >= 0.3 is 5.97 Å². The van der Waals surface area contributed by atoms with E-state index in [4.69, 9.17) is 42.4 Å². The van der Waals surface area contributed by atoms with Crippen molar-refractivity contribution in [3.8, 4) is 11.5 Å². The Bertz CT molecular complexity index is 1920. The van der Waals surface area contributed by atoms with Gasteiger partial charge in [0.1, 0.15) is 24.1 Å². The molecule has 0 radical (unpaired) electrons. The first-order chi connectivity index (χ1) is 21.2. The SMILES string of the molecule is CCCC1=C(C(=O)OCC)[C@@H](c2cc(Cl)ccc2OC)n2c(s/c(=C/c3ccc(OCc4ccc(Cl)cc4)c(Br)c3)c2=O)=N1. The number of benzene rings is 3. The molecule has 5 rings (SSSR count). The van der Waals surface area contributed by atoms with Crippen LogP contribution in [0.15, 0.2) is 86.2 Å². The van der Waals surface area contributed by atoms with Crippen molar-refractivity contribution in [1.29, 1.82) is 0 Å². The Hall–Kier alpha value is -3.37. The number of ether oxygens (including phenoxy) is 3. The molecule has 0 saturated carbocycles. The molecule has 0 aliphatic carbocycles. The van der Waals surface area contributed by atoms with Gasteiger partial charge in [0, 0.05) is 15.6 Å². The number of hydrogen-bond acceptors (Lipinski definition) is 7. The molecule has 228 valence electrons. The number of halogens is 3. The topological polar surface area (TPSA) is 79.1 Å². The van der Waals surface area contributed by atoms with Gasteiger partial charge in [-0.3, -0.25) is 9.36 Å². The van der Waals surface area contributed by atoms with Crippen molar-refractivity contribution in [3.05, 3.63) is 123 Å². The molecule has 0 N–H and O–H groups in total. The zero-order chi connectivity index (χ0) is 31.4. The van der Waals surface area contributed by atoms with Gasteiger partial charge in [-0.2, -0.15) is 0 Å². The van der Waals surface area contributed by atoms with Crippen LogP contribution >= 0.6 is 50.5 Å². The van der Waals surface area contributed by atoms with Crippen LogP contribution in [0, 0.1) is 0 Å². The maximum Gasteiger partial charge on any atom is 0.338 e. The second-order valence-electron chi connectivity index (χ2n) is 9.90. The Balaban J connectivity index is 1.60. The Morgan fingerprint density at radius 1 is 1.05 bits per heavy atom. The lowest BCUT2D eigenvalue weighted by molar-refractivity contribution is -0.139. The number of esters is 1. The molecule has 3 aromatic carbocycles. The minimum absolute atomic E-state index is 0.180. The van der Waals surface area contributed by atoms with Crippen LogP contribution in [-0.4, -0.2) is 24.3 Å². The second-order valence-corrected chi connectivity index (χ2v) is 12.6. The highest BCUT2D eigenvalue weighted by molar-refractivity contribution is 9.10. The first-order valence-corrected chi connectivity index (χ1v) is 16.3. The molecule has 4 aromatic rings. The minimum atomic E-state index is -0.835. The lowest BCUT2D eigenvalue weighted by Gasteiger charge is -2.27. The van der Waals surface area contributed by atoms with E-state index in [1.807, 2.05) is 49.4 Å². The summed E-state index contributed by atoms with van der Waals surface area (Å²) in [4.78, 5) is 32.8. The van der Waals surface area contributed by atoms with Gasteiger partial charge in [0.25, 0.3) is 5.56 Å². The molecule has 44 heavy (non-hydrogen) atoms. The number of thiazole rings is 1. The van der Waals surface area contributed by atoms with Gasteiger partial charge in [0.2, 0.25) is 0 Å². The van der Waals surface area contributed by atoms with E-state index >= 15 is 0 Å². The fraction of sp³-hybridized carbons (Fsp3) is 0.242. The monoisotopic (exact) mass is 714 g/mol. The third kappa shape index (κ3) is 6.81. The number of fused-ring (bicyclic) bond motifs is 1. The van der Waals surface area contributed by atoms with Crippen molar-refractivity contribution in [2.24, 2.45) is 4.99 Å². The number of nitrogens with zero attached hydrogens (tertiary/aromatic N) is 2. The average molecular weight is 716 g/mol. The summed E-state index contributed by atoms with van der Waals surface area (Å²) in [5, 5.41) is 1.12. The van der Waals surface area contributed by atoms with Crippen molar-refractivity contribution in [2.75, 3.05) is 13.7 Å². The van der Waals surface area contributed by atoms with Crippen molar-refractivity contribution in [3.63, 3.8) is 0 Å². The number of carbonyl (C=O) groups is 1. The molecule has 0 fully saturated rings. The maximum atomic E-state index is 14.1. The zero-order valence-electron chi connectivity index (χ0n) is 24.2. The fourth-order valence-corrected chi connectivity index (χ4v) is 6.79. The van der Waals surface area contributed by atoms with Crippen LogP contribution in [0.4, 0.5) is 0 Å². The molecule has 0 unspecified atom stereocenters. The number of hydrogen-bond donors (Lipinski definition) is 0. The van der Waals surface area contributed by atoms with Gasteiger partial charge in [-0.05, 0) is 88.9 Å². The molecule has 0 spiro atoms. The van der Waals surface area contributed by atoms with E-state index in [0.717, 1.165) is 22.0 Å². The molecule has 1 aliphatic heterocycles. The molecule has 0 amide bonds. The highest BCUT2D eigenvalue weighted by Gasteiger charge is 2.36. The van der Waals surface area contributed by atoms with Crippen LogP contribution < -0.4 is 24.4 Å². The molecule has 2 heterocycles. The molecule has 1 aliphatic rings. The fourth-order valence-electron chi connectivity index (χ4n) is 4.95. The summed E-state index contributed by atoms with van der Waals surface area (Å²) in [5.74, 6) is 0.626. The maximum absolute atomic E-state index is 14.1. The molecule has 0 bridgehead atoms. The minimum Gasteiger partial charge on any atom is -0.496 e. The van der Waals surface area contributed by atoms with E-state index in [0.29, 0.717) is 60.7 Å². The quantitative estimate of drug-likeness (QED) is 0.162. The van der Waals surface area contributed by atoms with Crippen LogP contribution in [0.3, 0.4) is 0 Å². The Labute approximate surface area is 277 Å².